The van der Waals surface area contributed by atoms with Gasteiger partial charge in [-0.15, -0.1) is 0 Å². The van der Waals surface area contributed by atoms with E-state index < -0.39 is 19.9 Å². The third-order valence-electron chi connectivity index (χ3n) is 3.08. The Morgan fingerprint density at radius 3 is 2.17 bits per heavy atom. The smallest absolute Gasteiger partial charge is 0.224 e. The van der Waals surface area contributed by atoms with Gasteiger partial charge in [0.25, 0.3) is 0 Å². The Morgan fingerprint density at radius 1 is 1.00 bits per heavy atom. The third-order valence-corrected chi connectivity index (χ3v) is 5.63. The lowest BCUT2D eigenvalue weighted by atomic mass is 10.1. The van der Waals surface area contributed by atoms with Crippen molar-refractivity contribution in [3.8, 4) is 6.07 Å². The number of sulfonamides is 1. The predicted molar refractivity (Wildman–Crippen MR) is 84.7 cm³/mol. The topological polar surface area (TPSA) is 104 Å². The van der Waals surface area contributed by atoms with Crippen LogP contribution in [0.1, 0.15) is 11.1 Å². The molecule has 2 rings (SSSR count). The maximum atomic E-state index is 12.2. The highest BCUT2D eigenvalue weighted by Gasteiger charge is 2.15. The van der Waals surface area contributed by atoms with E-state index in [1.54, 1.807) is 24.3 Å². The van der Waals surface area contributed by atoms with Gasteiger partial charge in [-0.05, 0) is 42.0 Å². The number of sulfone groups is 1. The Hall–Kier alpha value is -2.21. The van der Waals surface area contributed by atoms with Gasteiger partial charge in [0.05, 0.1) is 21.4 Å². The van der Waals surface area contributed by atoms with E-state index in [4.69, 9.17) is 5.26 Å². The summed E-state index contributed by atoms with van der Waals surface area (Å²) in [6.45, 7) is 0.0334. The molecule has 2 aromatic carbocycles. The first kappa shape index (κ1) is 17.1. The summed E-state index contributed by atoms with van der Waals surface area (Å²) >= 11 is 0. The number of nitrogens with zero attached hydrogens (tertiary/aromatic N) is 1. The summed E-state index contributed by atoms with van der Waals surface area (Å²) in [7, 11) is -7.14. The van der Waals surface area contributed by atoms with Crippen LogP contribution in [0.3, 0.4) is 0 Å². The second kappa shape index (κ2) is 6.50. The van der Waals surface area contributed by atoms with Crippen molar-refractivity contribution in [2.75, 3.05) is 6.26 Å². The van der Waals surface area contributed by atoms with Gasteiger partial charge in [-0.2, -0.15) is 5.26 Å². The molecule has 1 N–H and O–H groups in total. The molecule has 0 fully saturated rings. The average Bonchev–Trinajstić information content (AvgIpc) is 2.52. The van der Waals surface area contributed by atoms with E-state index >= 15 is 0 Å². The van der Waals surface area contributed by atoms with Crippen LogP contribution >= 0.6 is 0 Å². The molecule has 6 nitrogen and oxygen atoms in total. The zero-order valence-corrected chi connectivity index (χ0v) is 13.9. The van der Waals surface area contributed by atoms with Crippen molar-refractivity contribution in [2.24, 2.45) is 0 Å². The van der Waals surface area contributed by atoms with E-state index in [1.807, 2.05) is 6.07 Å². The third kappa shape index (κ3) is 4.39. The van der Waals surface area contributed by atoms with Crippen LogP contribution in [0.5, 0.6) is 0 Å². The molecule has 0 bridgehead atoms. The van der Waals surface area contributed by atoms with Gasteiger partial charge in [0.2, 0.25) is 10.0 Å². The first-order valence-electron chi connectivity index (χ1n) is 6.51. The summed E-state index contributed by atoms with van der Waals surface area (Å²) in [6, 6.07) is 13.6. The number of benzene rings is 2. The number of nitriles is 1. The van der Waals surface area contributed by atoms with Crippen molar-refractivity contribution in [2.45, 2.75) is 16.3 Å². The van der Waals surface area contributed by atoms with Crippen LogP contribution in [0.15, 0.2) is 58.3 Å². The molecule has 0 saturated carbocycles. The SMILES string of the molecule is CS(=O)(=O)c1ccc(S(=O)(=O)NCc2cccc(C#N)c2)cc1. The van der Waals surface area contributed by atoms with E-state index in [1.165, 1.54) is 24.3 Å². The highest BCUT2D eigenvalue weighted by Crippen LogP contribution is 2.15. The fourth-order valence-corrected chi connectivity index (χ4v) is 3.53. The van der Waals surface area contributed by atoms with E-state index in [9.17, 15) is 16.8 Å². The first-order chi connectivity index (χ1) is 10.7. The number of nitrogens with one attached hydrogen (secondary N) is 1. The van der Waals surface area contributed by atoms with Crippen LogP contribution < -0.4 is 4.72 Å². The van der Waals surface area contributed by atoms with Crippen molar-refractivity contribution in [3.05, 3.63) is 59.7 Å². The fraction of sp³-hybridized carbons (Fsp3) is 0.133. The Bertz CT molecular complexity index is 957. The molecule has 120 valence electrons. The summed E-state index contributed by atoms with van der Waals surface area (Å²) in [6.07, 6.45) is 1.05. The molecule has 8 heteroatoms. The molecule has 0 saturated heterocycles. The van der Waals surface area contributed by atoms with Gasteiger partial charge in [0.15, 0.2) is 9.84 Å². The summed E-state index contributed by atoms with van der Waals surface area (Å²) in [5, 5.41) is 8.82. The lowest BCUT2D eigenvalue weighted by molar-refractivity contribution is 0.580. The molecule has 0 atom stereocenters. The van der Waals surface area contributed by atoms with Crippen LogP contribution in [0.2, 0.25) is 0 Å². The minimum Gasteiger partial charge on any atom is -0.224 e. The fourth-order valence-electron chi connectivity index (χ4n) is 1.88. The van der Waals surface area contributed by atoms with Crippen molar-refractivity contribution in [1.82, 2.24) is 4.72 Å². The maximum absolute atomic E-state index is 12.2. The number of hydrogen-bond donors (Lipinski definition) is 1. The second-order valence-electron chi connectivity index (χ2n) is 4.88. The zero-order chi connectivity index (χ0) is 17.1. The number of hydrogen-bond acceptors (Lipinski definition) is 5. The molecule has 0 aliphatic heterocycles. The molecule has 0 amide bonds. The Labute approximate surface area is 135 Å². The molecule has 0 aliphatic carbocycles. The van der Waals surface area contributed by atoms with Gasteiger partial charge in [-0.1, -0.05) is 12.1 Å². The van der Waals surface area contributed by atoms with Crippen molar-refractivity contribution >= 4 is 19.9 Å². The molecule has 2 aromatic rings. The Balaban J connectivity index is 2.17. The van der Waals surface area contributed by atoms with Crippen molar-refractivity contribution < 1.29 is 16.8 Å². The second-order valence-corrected chi connectivity index (χ2v) is 8.66. The molecular formula is C15H14N2O4S2. The molecule has 0 radical (unpaired) electrons. The Morgan fingerprint density at radius 2 is 1.61 bits per heavy atom. The van der Waals surface area contributed by atoms with Crippen LogP contribution in [0, 0.1) is 11.3 Å². The minimum absolute atomic E-state index is 0.0265. The molecule has 0 aromatic heterocycles. The van der Waals surface area contributed by atoms with Gasteiger partial charge in [0.1, 0.15) is 0 Å². The summed E-state index contributed by atoms with van der Waals surface area (Å²) in [5.74, 6) is 0. The normalized spacial score (nSPS) is 11.8. The van der Waals surface area contributed by atoms with Crippen LogP contribution in [-0.2, 0) is 26.4 Å². The van der Waals surface area contributed by atoms with Gasteiger partial charge >= 0.3 is 0 Å². The molecule has 0 spiro atoms. The van der Waals surface area contributed by atoms with E-state index in [-0.39, 0.29) is 16.3 Å². The highest BCUT2D eigenvalue weighted by atomic mass is 32.2. The van der Waals surface area contributed by atoms with Crippen molar-refractivity contribution in [3.63, 3.8) is 0 Å². The zero-order valence-electron chi connectivity index (χ0n) is 12.2. The van der Waals surface area contributed by atoms with E-state index in [2.05, 4.69) is 4.72 Å². The van der Waals surface area contributed by atoms with Gasteiger partial charge in [-0.3, -0.25) is 0 Å². The summed E-state index contributed by atoms with van der Waals surface area (Å²) in [4.78, 5) is 0.0273. The highest BCUT2D eigenvalue weighted by molar-refractivity contribution is 7.90. The van der Waals surface area contributed by atoms with Crippen molar-refractivity contribution in [1.29, 1.82) is 5.26 Å². The standard InChI is InChI=1S/C15H14N2O4S2/c1-22(18,19)14-5-7-15(8-6-14)23(20,21)17-11-13-4-2-3-12(9-13)10-16/h2-9,17H,11H2,1H3. The van der Waals surface area contributed by atoms with Gasteiger partial charge in [-0.25, -0.2) is 21.6 Å². The van der Waals surface area contributed by atoms with Crippen LogP contribution in [0.4, 0.5) is 0 Å². The molecule has 23 heavy (non-hydrogen) atoms. The summed E-state index contributed by atoms with van der Waals surface area (Å²) < 4.78 is 49.6. The lowest BCUT2D eigenvalue weighted by Gasteiger charge is -2.08. The minimum atomic E-state index is -3.77. The summed E-state index contributed by atoms with van der Waals surface area (Å²) in [5.41, 5.74) is 1.10. The van der Waals surface area contributed by atoms with Gasteiger partial charge in [0, 0.05) is 12.8 Å². The maximum Gasteiger partial charge on any atom is 0.240 e. The van der Waals surface area contributed by atoms with Gasteiger partial charge < -0.3 is 0 Å². The van der Waals surface area contributed by atoms with Crippen LogP contribution in [0.25, 0.3) is 0 Å². The average molecular weight is 350 g/mol. The van der Waals surface area contributed by atoms with E-state index in [0.29, 0.717) is 11.1 Å². The monoisotopic (exact) mass is 350 g/mol. The lowest BCUT2D eigenvalue weighted by Crippen LogP contribution is -2.23. The molecular weight excluding hydrogens is 336 g/mol. The molecule has 0 aliphatic rings. The molecule has 0 heterocycles. The van der Waals surface area contributed by atoms with Crippen LogP contribution in [-0.4, -0.2) is 23.1 Å². The Kier molecular flexibility index (Phi) is 4.85. The predicted octanol–water partition coefficient (Wildman–Crippen LogP) is 1.44. The quantitative estimate of drug-likeness (QED) is 0.878. The first-order valence-corrected chi connectivity index (χ1v) is 9.89. The number of rotatable bonds is 5. The van der Waals surface area contributed by atoms with E-state index in [0.717, 1.165) is 6.26 Å². The molecule has 0 unspecified atom stereocenters. The largest absolute Gasteiger partial charge is 0.240 e.